The van der Waals surface area contributed by atoms with Crippen molar-refractivity contribution in [2.45, 2.75) is 76.2 Å². The lowest BCUT2D eigenvalue weighted by Crippen LogP contribution is -2.52. The van der Waals surface area contributed by atoms with E-state index in [1.807, 2.05) is 0 Å². The summed E-state index contributed by atoms with van der Waals surface area (Å²) in [5.74, 6) is 2.13. The van der Waals surface area contributed by atoms with Gasteiger partial charge in [-0.2, -0.15) is 0 Å². The van der Waals surface area contributed by atoms with Gasteiger partial charge in [0.1, 0.15) is 11.4 Å². The van der Waals surface area contributed by atoms with E-state index in [2.05, 4.69) is 117 Å². The van der Waals surface area contributed by atoms with Crippen LogP contribution in [0.1, 0.15) is 50.3 Å². The van der Waals surface area contributed by atoms with Gasteiger partial charge < -0.3 is 4.74 Å². The molecule has 1 saturated carbocycles. The van der Waals surface area contributed by atoms with Crippen molar-refractivity contribution < 1.29 is 4.74 Å². The van der Waals surface area contributed by atoms with E-state index < -0.39 is 0 Å². The first-order chi connectivity index (χ1) is 17.4. The number of hydrogen-bond acceptors (Lipinski definition) is 3. The van der Waals surface area contributed by atoms with Crippen LogP contribution in [0.5, 0.6) is 5.75 Å². The van der Waals surface area contributed by atoms with E-state index in [-0.39, 0.29) is 11.1 Å². The SMILES string of the molecule is CC(C)(C)Oc1ccc(CN2C3CC4C=NC3C(C4)C2(Cc2ccccc2)Cc2ccccc2)cc1. The molecule has 4 bridgehead atoms. The van der Waals surface area contributed by atoms with Crippen molar-refractivity contribution in [2.75, 3.05) is 0 Å². The van der Waals surface area contributed by atoms with E-state index in [1.54, 1.807) is 0 Å². The number of ether oxygens (including phenoxy) is 1. The van der Waals surface area contributed by atoms with Crippen LogP contribution in [0.4, 0.5) is 0 Å². The second-order valence-corrected chi connectivity index (χ2v) is 12.1. The van der Waals surface area contributed by atoms with Crippen molar-refractivity contribution in [1.82, 2.24) is 4.90 Å². The van der Waals surface area contributed by atoms with E-state index >= 15 is 0 Å². The molecule has 3 nitrogen and oxygen atoms in total. The normalized spacial score (nSPS) is 26.3. The number of aliphatic imine (C=N–C) groups is 1. The average molecular weight is 479 g/mol. The molecule has 2 fully saturated rings. The van der Waals surface area contributed by atoms with Crippen LogP contribution in [0.3, 0.4) is 0 Å². The van der Waals surface area contributed by atoms with Crippen molar-refractivity contribution in [3.05, 3.63) is 102 Å². The summed E-state index contributed by atoms with van der Waals surface area (Å²) in [5, 5.41) is 0. The molecule has 1 aliphatic carbocycles. The Hall–Kier alpha value is -2.91. The lowest BCUT2D eigenvalue weighted by Gasteiger charge is -2.44. The Morgan fingerprint density at radius 3 is 1.97 bits per heavy atom. The van der Waals surface area contributed by atoms with Gasteiger partial charge in [0.2, 0.25) is 0 Å². The van der Waals surface area contributed by atoms with Crippen molar-refractivity contribution in [1.29, 1.82) is 0 Å². The minimum atomic E-state index is -0.189. The Morgan fingerprint density at radius 2 is 1.42 bits per heavy atom. The molecule has 7 rings (SSSR count). The van der Waals surface area contributed by atoms with Gasteiger partial charge in [-0.05, 0) is 81.2 Å². The van der Waals surface area contributed by atoms with E-state index in [1.165, 1.54) is 29.5 Å². The molecule has 186 valence electrons. The zero-order valence-electron chi connectivity index (χ0n) is 21.8. The molecule has 3 heterocycles. The van der Waals surface area contributed by atoms with Gasteiger partial charge in [-0.25, -0.2) is 0 Å². The Labute approximate surface area is 216 Å². The molecular weight excluding hydrogens is 440 g/mol. The summed E-state index contributed by atoms with van der Waals surface area (Å²) >= 11 is 0. The Morgan fingerprint density at radius 1 is 0.806 bits per heavy atom. The standard InChI is InChI=1S/C33H38N2O/c1-32(2,3)36-28-16-14-26(15-17-28)23-35-30-19-27-18-29(31(30)34-22-27)33(35,20-24-10-6-4-7-11-24)21-25-12-8-5-9-13-25/h4-17,22,27,29-31H,18-21,23H2,1-3H3. The average Bonchev–Trinajstić information content (AvgIpc) is 3.04. The fourth-order valence-corrected chi connectivity index (χ4v) is 7.13. The van der Waals surface area contributed by atoms with Crippen molar-refractivity contribution in [2.24, 2.45) is 16.8 Å². The number of likely N-dealkylation sites (tertiary alicyclic amines) is 1. The van der Waals surface area contributed by atoms with Crippen molar-refractivity contribution in [3.63, 3.8) is 0 Å². The van der Waals surface area contributed by atoms with Crippen LogP contribution in [0.25, 0.3) is 0 Å². The molecule has 4 unspecified atom stereocenters. The van der Waals surface area contributed by atoms with Crippen LogP contribution in [0, 0.1) is 11.8 Å². The number of hydrogen-bond donors (Lipinski definition) is 0. The molecule has 3 aliphatic heterocycles. The van der Waals surface area contributed by atoms with E-state index in [0.717, 1.165) is 25.1 Å². The summed E-state index contributed by atoms with van der Waals surface area (Å²) in [6.45, 7) is 7.25. The summed E-state index contributed by atoms with van der Waals surface area (Å²) in [7, 11) is 0. The summed E-state index contributed by atoms with van der Waals surface area (Å²) in [6.07, 6.45) is 6.90. The molecule has 3 heteroatoms. The fourth-order valence-electron chi connectivity index (χ4n) is 7.13. The van der Waals surface area contributed by atoms with E-state index in [9.17, 15) is 0 Å². The first-order valence-electron chi connectivity index (χ1n) is 13.6. The van der Waals surface area contributed by atoms with Gasteiger partial charge in [0, 0.05) is 30.3 Å². The highest BCUT2D eigenvalue weighted by atomic mass is 16.5. The molecule has 1 saturated heterocycles. The first kappa shape index (κ1) is 23.5. The lowest BCUT2D eigenvalue weighted by atomic mass is 9.67. The quantitative estimate of drug-likeness (QED) is 0.375. The van der Waals surface area contributed by atoms with Gasteiger partial charge in [0.05, 0.1) is 6.04 Å². The number of rotatable bonds is 7. The highest BCUT2D eigenvalue weighted by Gasteiger charge is 2.62. The first-order valence-corrected chi connectivity index (χ1v) is 13.6. The second kappa shape index (κ2) is 9.19. The highest BCUT2D eigenvalue weighted by Crippen LogP contribution is 2.55. The molecule has 0 aromatic heterocycles. The maximum Gasteiger partial charge on any atom is 0.120 e. The zero-order chi connectivity index (χ0) is 24.8. The van der Waals surface area contributed by atoms with E-state index in [0.29, 0.717) is 23.9 Å². The van der Waals surface area contributed by atoms with Crippen LogP contribution in [0.15, 0.2) is 89.9 Å². The maximum atomic E-state index is 6.10. The predicted molar refractivity (Wildman–Crippen MR) is 148 cm³/mol. The van der Waals surface area contributed by atoms with Gasteiger partial charge >= 0.3 is 0 Å². The summed E-state index contributed by atoms with van der Waals surface area (Å²) in [4.78, 5) is 8.03. The Bertz CT molecular complexity index is 1150. The van der Waals surface area contributed by atoms with Gasteiger partial charge in [-0.1, -0.05) is 72.8 Å². The van der Waals surface area contributed by atoms with Crippen LogP contribution in [0.2, 0.25) is 0 Å². The Balaban J connectivity index is 1.39. The van der Waals surface area contributed by atoms with Crippen LogP contribution < -0.4 is 4.74 Å². The predicted octanol–water partition coefficient (Wildman–Crippen LogP) is 6.75. The highest BCUT2D eigenvalue weighted by molar-refractivity contribution is 5.64. The number of benzene rings is 3. The largest absolute Gasteiger partial charge is 0.488 e. The van der Waals surface area contributed by atoms with Crippen LogP contribution in [-0.2, 0) is 19.4 Å². The number of nitrogens with zero attached hydrogens (tertiary/aromatic N) is 2. The smallest absolute Gasteiger partial charge is 0.120 e. The van der Waals surface area contributed by atoms with Gasteiger partial charge in [-0.15, -0.1) is 0 Å². The molecule has 36 heavy (non-hydrogen) atoms. The van der Waals surface area contributed by atoms with E-state index in [4.69, 9.17) is 9.73 Å². The van der Waals surface area contributed by atoms with Gasteiger partial charge in [-0.3, -0.25) is 9.89 Å². The monoisotopic (exact) mass is 478 g/mol. The Kier molecular flexibility index (Phi) is 6.00. The van der Waals surface area contributed by atoms with Crippen LogP contribution in [-0.4, -0.2) is 34.3 Å². The molecule has 0 amide bonds. The molecule has 0 N–H and O–H groups in total. The molecule has 3 aromatic rings. The second-order valence-electron chi connectivity index (χ2n) is 12.1. The van der Waals surface area contributed by atoms with Gasteiger partial charge in [0.25, 0.3) is 0 Å². The minimum absolute atomic E-state index is 0.0468. The summed E-state index contributed by atoms with van der Waals surface area (Å²) in [6, 6.07) is 32.0. The van der Waals surface area contributed by atoms with Crippen LogP contribution >= 0.6 is 0 Å². The molecule has 0 radical (unpaired) electrons. The summed E-state index contributed by atoms with van der Waals surface area (Å²) in [5.41, 5.74) is 4.07. The fraction of sp³-hybridized carbons (Fsp3) is 0.424. The lowest BCUT2D eigenvalue weighted by molar-refractivity contribution is 0.0726. The van der Waals surface area contributed by atoms with Crippen molar-refractivity contribution >= 4 is 6.21 Å². The third kappa shape index (κ3) is 4.50. The molecule has 4 aliphatic rings. The third-order valence-corrected chi connectivity index (χ3v) is 8.45. The van der Waals surface area contributed by atoms with Crippen molar-refractivity contribution in [3.8, 4) is 5.75 Å². The molecule has 4 atom stereocenters. The molecular formula is C33H38N2O. The minimum Gasteiger partial charge on any atom is -0.488 e. The summed E-state index contributed by atoms with van der Waals surface area (Å²) < 4.78 is 6.10. The topological polar surface area (TPSA) is 24.8 Å². The molecule has 0 spiro atoms. The molecule has 3 aromatic carbocycles. The maximum absolute atomic E-state index is 6.10. The zero-order valence-corrected chi connectivity index (χ0v) is 21.8. The van der Waals surface area contributed by atoms with Gasteiger partial charge in [0.15, 0.2) is 0 Å². The third-order valence-electron chi connectivity index (χ3n) is 8.45.